The van der Waals surface area contributed by atoms with E-state index in [-0.39, 0.29) is 5.56 Å². The van der Waals surface area contributed by atoms with E-state index in [4.69, 9.17) is 5.73 Å². The molecule has 0 atom stereocenters. The maximum atomic E-state index is 11.3. The van der Waals surface area contributed by atoms with E-state index < -0.39 is 15.9 Å². The van der Waals surface area contributed by atoms with Crippen LogP contribution in [0.3, 0.4) is 0 Å². The van der Waals surface area contributed by atoms with Crippen molar-refractivity contribution in [3.63, 3.8) is 0 Å². The van der Waals surface area contributed by atoms with Crippen molar-refractivity contribution in [3.05, 3.63) is 28.2 Å². The van der Waals surface area contributed by atoms with Crippen molar-refractivity contribution in [2.24, 2.45) is 5.73 Å². The Morgan fingerprint density at radius 3 is 2.38 bits per heavy atom. The first-order valence-electron chi connectivity index (χ1n) is 4.26. The lowest BCUT2D eigenvalue weighted by atomic mass is 10.2. The molecule has 1 amide bonds. The van der Waals surface area contributed by atoms with Crippen LogP contribution >= 0.6 is 15.9 Å². The van der Waals surface area contributed by atoms with Crippen LogP contribution in [-0.4, -0.2) is 27.6 Å². The number of amides is 1. The van der Waals surface area contributed by atoms with Crippen LogP contribution in [0.1, 0.15) is 10.4 Å². The standard InChI is InChI=1S/C9H11BrN2O3S/c1-12(16(2,14)15)8-4-6(9(11)13)3-7(10)5-8/h3-5H,1-2H3,(H2,11,13). The van der Waals surface area contributed by atoms with Gasteiger partial charge in [0.1, 0.15) is 0 Å². The van der Waals surface area contributed by atoms with Crippen molar-refractivity contribution in [1.29, 1.82) is 0 Å². The number of benzene rings is 1. The molecule has 2 N–H and O–H groups in total. The summed E-state index contributed by atoms with van der Waals surface area (Å²) in [7, 11) is -1.95. The minimum Gasteiger partial charge on any atom is -0.366 e. The zero-order valence-electron chi connectivity index (χ0n) is 8.77. The number of nitrogens with zero attached hydrogens (tertiary/aromatic N) is 1. The van der Waals surface area contributed by atoms with E-state index in [2.05, 4.69) is 15.9 Å². The number of hydrogen-bond donors (Lipinski definition) is 1. The number of halogens is 1. The highest BCUT2D eigenvalue weighted by atomic mass is 79.9. The van der Waals surface area contributed by atoms with Gasteiger partial charge in [-0.05, 0) is 18.2 Å². The number of sulfonamides is 1. The Morgan fingerprint density at radius 2 is 1.94 bits per heavy atom. The highest BCUT2D eigenvalue weighted by Gasteiger charge is 2.14. The molecule has 5 nitrogen and oxygen atoms in total. The van der Waals surface area contributed by atoms with Gasteiger partial charge in [0.2, 0.25) is 15.9 Å². The molecule has 0 unspecified atom stereocenters. The van der Waals surface area contributed by atoms with Gasteiger partial charge in [0.25, 0.3) is 0 Å². The molecule has 1 aromatic carbocycles. The smallest absolute Gasteiger partial charge is 0.248 e. The molecule has 0 saturated carbocycles. The fourth-order valence-corrected chi connectivity index (χ4v) is 2.06. The maximum absolute atomic E-state index is 11.3. The monoisotopic (exact) mass is 306 g/mol. The van der Waals surface area contributed by atoms with Crippen LogP contribution in [0.2, 0.25) is 0 Å². The van der Waals surface area contributed by atoms with Crippen LogP contribution in [0.4, 0.5) is 5.69 Å². The van der Waals surface area contributed by atoms with Crippen molar-refractivity contribution in [3.8, 4) is 0 Å². The van der Waals surface area contributed by atoms with Gasteiger partial charge < -0.3 is 5.73 Å². The zero-order valence-corrected chi connectivity index (χ0v) is 11.2. The second kappa shape index (κ2) is 4.42. The third kappa shape index (κ3) is 2.96. The average Bonchev–Trinajstić information content (AvgIpc) is 2.14. The summed E-state index contributed by atoms with van der Waals surface area (Å²) in [6, 6.07) is 4.55. The van der Waals surface area contributed by atoms with Crippen LogP contribution in [0.5, 0.6) is 0 Å². The molecule has 0 saturated heterocycles. The van der Waals surface area contributed by atoms with Crippen molar-refractivity contribution in [2.45, 2.75) is 0 Å². The molecule has 0 bridgehead atoms. The maximum Gasteiger partial charge on any atom is 0.248 e. The van der Waals surface area contributed by atoms with Crippen LogP contribution in [0.15, 0.2) is 22.7 Å². The summed E-state index contributed by atoms with van der Waals surface area (Å²) in [5.41, 5.74) is 5.76. The Kier molecular flexibility index (Phi) is 3.59. The largest absolute Gasteiger partial charge is 0.366 e. The molecule has 0 aliphatic carbocycles. The number of hydrogen-bond acceptors (Lipinski definition) is 3. The van der Waals surface area contributed by atoms with Gasteiger partial charge in [-0.25, -0.2) is 8.42 Å². The third-order valence-corrected chi connectivity index (χ3v) is 3.69. The van der Waals surface area contributed by atoms with Gasteiger partial charge in [0.15, 0.2) is 0 Å². The number of anilines is 1. The molecular weight excluding hydrogens is 296 g/mol. The second-order valence-corrected chi connectivity index (χ2v) is 6.22. The van der Waals surface area contributed by atoms with E-state index >= 15 is 0 Å². The van der Waals surface area contributed by atoms with E-state index in [1.54, 1.807) is 6.07 Å². The molecule has 0 fully saturated rings. The molecule has 0 heterocycles. The highest BCUT2D eigenvalue weighted by molar-refractivity contribution is 9.10. The molecule has 88 valence electrons. The van der Waals surface area contributed by atoms with E-state index in [0.29, 0.717) is 10.2 Å². The quantitative estimate of drug-likeness (QED) is 0.902. The zero-order chi connectivity index (χ0) is 12.5. The first-order valence-corrected chi connectivity index (χ1v) is 6.90. The summed E-state index contributed by atoms with van der Waals surface area (Å²) in [5.74, 6) is -0.607. The molecule has 16 heavy (non-hydrogen) atoms. The molecule has 1 aromatic rings. The third-order valence-electron chi connectivity index (χ3n) is 2.03. The fourth-order valence-electron chi connectivity index (χ4n) is 1.09. The molecule has 0 aliphatic rings. The lowest BCUT2D eigenvalue weighted by Crippen LogP contribution is -2.25. The van der Waals surface area contributed by atoms with Crippen LogP contribution in [0, 0.1) is 0 Å². The number of rotatable bonds is 3. The Morgan fingerprint density at radius 1 is 1.38 bits per heavy atom. The van der Waals surface area contributed by atoms with Gasteiger partial charge in [-0.3, -0.25) is 9.10 Å². The van der Waals surface area contributed by atoms with Crippen molar-refractivity contribution in [1.82, 2.24) is 0 Å². The van der Waals surface area contributed by atoms with Crippen molar-refractivity contribution >= 4 is 37.5 Å². The van der Waals surface area contributed by atoms with Crippen molar-refractivity contribution < 1.29 is 13.2 Å². The molecule has 0 spiro atoms. The summed E-state index contributed by atoms with van der Waals surface area (Å²) in [6.07, 6.45) is 1.08. The Hall–Kier alpha value is -1.08. The molecule has 0 aromatic heterocycles. The van der Waals surface area contributed by atoms with Crippen LogP contribution in [-0.2, 0) is 10.0 Å². The summed E-state index contributed by atoms with van der Waals surface area (Å²) in [6.45, 7) is 0. The average molecular weight is 307 g/mol. The van der Waals surface area contributed by atoms with Gasteiger partial charge in [-0.2, -0.15) is 0 Å². The predicted molar refractivity (Wildman–Crippen MR) is 65.9 cm³/mol. The predicted octanol–water partition coefficient (Wildman–Crippen LogP) is 0.944. The molecule has 1 rings (SSSR count). The Balaban J connectivity index is 3.31. The van der Waals surface area contributed by atoms with E-state index in [9.17, 15) is 13.2 Å². The molecular formula is C9H11BrN2O3S. The number of primary amides is 1. The summed E-state index contributed by atoms with van der Waals surface area (Å²) < 4.78 is 24.3. The molecule has 0 aliphatic heterocycles. The number of carbonyl (C=O) groups excluding carboxylic acids is 1. The van der Waals surface area contributed by atoms with E-state index in [1.165, 1.54) is 19.2 Å². The van der Waals surface area contributed by atoms with E-state index in [1.807, 2.05) is 0 Å². The van der Waals surface area contributed by atoms with Gasteiger partial charge in [-0.15, -0.1) is 0 Å². The van der Waals surface area contributed by atoms with Gasteiger partial charge in [0, 0.05) is 17.1 Å². The van der Waals surface area contributed by atoms with Gasteiger partial charge in [-0.1, -0.05) is 15.9 Å². The van der Waals surface area contributed by atoms with Crippen molar-refractivity contribution in [2.75, 3.05) is 17.6 Å². The van der Waals surface area contributed by atoms with Gasteiger partial charge in [0.05, 0.1) is 11.9 Å². The minimum absolute atomic E-state index is 0.250. The van der Waals surface area contributed by atoms with Crippen LogP contribution < -0.4 is 10.0 Å². The Bertz CT molecular complexity index is 528. The molecule has 7 heteroatoms. The topological polar surface area (TPSA) is 80.5 Å². The summed E-state index contributed by atoms with van der Waals surface area (Å²) in [4.78, 5) is 11.0. The fraction of sp³-hybridized carbons (Fsp3) is 0.222. The lowest BCUT2D eigenvalue weighted by Gasteiger charge is -2.17. The summed E-state index contributed by atoms with van der Waals surface area (Å²) in [5, 5.41) is 0. The number of carbonyl (C=O) groups is 1. The normalized spacial score (nSPS) is 11.2. The van der Waals surface area contributed by atoms with Crippen LogP contribution in [0.25, 0.3) is 0 Å². The Labute approximate surface area is 102 Å². The lowest BCUT2D eigenvalue weighted by molar-refractivity contribution is 0.1000. The highest BCUT2D eigenvalue weighted by Crippen LogP contribution is 2.23. The SMILES string of the molecule is CN(c1cc(Br)cc(C(N)=O)c1)S(C)(=O)=O. The second-order valence-electron chi connectivity index (χ2n) is 3.29. The number of nitrogens with two attached hydrogens (primary N) is 1. The minimum atomic E-state index is -3.35. The first kappa shape index (κ1) is 13.0. The first-order chi connectivity index (χ1) is 7.21. The van der Waals surface area contributed by atoms with E-state index in [0.717, 1.165) is 10.6 Å². The van der Waals surface area contributed by atoms with Gasteiger partial charge >= 0.3 is 0 Å². The summed E-state index contributed by atoms with van der Waals surface area (Å²) >= 11 is 3.19. The molecule has 0 radical (unpaired) electrons.